The van der Waals surface area contributed by atoms with Gasteiger partial charge in [-0.1, -0.05) is 23.7 Å². The van der Waals surface area contributed by atoms with Gasteiger partial charge in [0.2, 0.25) is 0 Å². The number of halogens is 4. The normalized spacial score (nSPS) is 15.7. The summed E-state index contributed by atoms with van der Waals surface area (Å²) >= 11 is 7.48. The molecule has 1 fully saturated rings. The highest BCUT2D eigenvalue weighted by atomic mass is 35.5. The molecular formula is C23H21ClF3N5S. The van der Waals surface area contributed by atoms with Crippen LogP contribution in [0.3, 0.4) is 0 Å². The van der Waals surface area contributed by atoms with E-state index < -0.39 is 11.9 Å². The number of benzene rings is 1. The van der Waals surface area contributed by atoms with E-state index in [9.17, 15) is 13.2 Å². The first-order chi connectivity index (χ1) is 15.8. The summed E-state index contributed by atoms with van der Waals surface area (Å²) < 4.78 is 39.4. The van der Waals surface area contributed by atoms with Gasteiger partial charge in [0.05, 0.1) is 21.3 Å². The zero-order valence-corrected chi connectivity index (χ0v) is 19.0. The van der Waals surface area contributed by atoms with Crippen molar-refractivity contribution in [3.8, 4) is 10.4 Å². The fourth-order valence-electron chi connectivity index (χ4n) is 3.30. The molecule has 10 heteroatoms. The minimum absolute atomic E-state index is 0.0829. The molecule has 0 saturated carbocycles. The van der Waals surface area contributed by atoms with E-state index in [-0.39, 0.29) is 5.71 Å². The average molecular weight is 492 g/mol. The molecule has 3 N–H and O–H groups in total. The van der Waals surface area contributed by atoms with Gasteiger partial charge < -0.3 is 16.0 Å². The first kappa shape index (κ1) is 23.3. The monoisotopic (exact) mass is 491 g/mol. The van der Waals surface area contributed by atoms with E-state index in [1.54, 1.807) is 36.5 Å². The van der Waals surface area contributed by atoms with Crippen LogP contribution in [0, 0.1) is 0 Å². The third-order valence-electron chi connectivity index (χ3n) is 5.04. The second kappa shape index (κ2) is 9.94. The van der Waals surface area contributed by atoms with Gasteiger partial charge in [-0.3, -0.25) is 0 Å². The van der Waals surface area contributed by atoms with E-state index in [0.29, 0.717) is 15.6 Å². The van der Waals surface area contributed by atoms with Crippen LogP contribution in [0.25, 0.3) is 10.4 Å². The molecule has 33 heavy (non-hydrogen) atoms. The van der Waals surface area contributed by atoms with E-state index >= 15 is 0 Å². The van der Waals surface area contributed by atoms with Gasteiger partial charge in [0.25, 0.3) is 0 Å². The second-order valence-corrected chi connectivity index (χ2v) is 8.84. The number of rotatable bonds is 5. The number of nitrogens with two attached hydrogens (primary N) is 1. The number of alkyl halides is 3. The Balaban J connectivity index is 1.66. The number of nitrogens with zero attached hydrogens (tertiary/aromatic N) is 3. The predicted molar refractivity (Wildman–Crippen MR) is 129 cm³/mol. The highest BCUT2D eigenvalue weighted by Crippen LogP contribution is 2.32. The van der Waals surface area contributed by atoms with E-state index in [0.717, 1.165) is 48.5 Å². The van der Waals surface area contributed by atoms with Crippen molar-refractivity contribution >= 4 is 40.2 Å². The fraction of sp³-hybridized carbons (Fsp3) is 0.217. The van der Waals surface area contributed by atoms with Gasteiger partial charge >= 0.3 is 6.18 Å². The number of anilines is 1. The van der Waals surface area contributed by atoms with Crippen molar-refractivity contribution in [3.63, 3.8) is 0 Å². The van der Waals surface area contributed by atoms with Crippen LogP contribution in [0.4, 0.5) is 24.7 Å². The Kier molecular flexibility index (Phi) is 7.02. The SMILES string of the molecule is NC(=CC(=Nc1ccccc1Cl)c1ccc(-c2ccc(N3CCNCC3)nc2)s1)C(F)(F)F. The van der Waals surface area contributed by atoms with Crippen LogP contribution in [-0.4, -0.2) is 43.1 Å². The summed E-state index contributed by atoms with van der Waals surface area (Å²) in [6, 6.07) is 14.2. The van der Waals surface area contributed by atoms with Crippen LogP contribution >= 0.6 is 22.9 Å². The molecule has 0 aliphatic carbocycles. The molecule has 0 amide bonds. The molecule has 1 saturated heterocycles. The quantitative estimate of drug-likeness (QED) is 0.469. The highest BCUT2D eigenvalue weighted by Gasteiger charge is 2.32. The molecule has 5 nitrogen and oxygen atoms in total. The molecule has 1 aliphatic rings. The maximum absolute atomic E-state index is 13.1. The number of hydrogen-bond acceptors (Lipinski definition) is 6. The number of nitrogens with one attached hydrogen (secondary N) is 1. The Labute approximate surface area is 198 Å². The number of pyridine rings is 1. The summed E-state index contributed by atoms with van der Waals surface area (Å²) in [7, 11) is 0. The van der Waals surface area contributed by atoms with Gasteiger partial charge in [0.15, 0.2) is 0 Å². The number of hydrogen-bond donors (Lipinski definition) is 2. The lowest BCUT2D eigenvalue weighted by Crippen LogP contribution is -2.43. The van der Waals surface area contributed by atoms with Gasteiger partial charge in [-0.15, -0.1) is 11.3 Å². The molecule has 172 valence electrons. The number of para-hydroxylation sites is 1. The lowest BCUT2D eigenvalue weighted by Gasteiger charge is -2.28. The van der Waals surface area contributed by atoms with Gasteiger partial charge in [-0.25, -0.2) is 9.98 Å². The number of allylic oxidation sites excluding steroid dienone is 2. The Morgan fingerprint density at radius 3 is 2.55 bits per heavy atom. The molecule has 1 aliphatic heterocycles. The smallest absolute Gasteiger partial charge is 0.395 e. The van der Waals surface area contributed by atoms with E-state index in [1.165, 1.54) is 11.3 Å². The highest BCUT2D eigenvalue weighted by molar-refractivity contribution is 7.17. The summed E-state index contributed by atoms with van der Waals surface area (Å²) in [4.78, 5) is 12.5. The van der Waals surface area contributed by atoms with Crippen molar-refractivity contribution < 1.29 is 13.2 Å². The van der Waals surface area contributed by atoms with Gasteiger partial charge in [0.1, 0.15) is 11.5 Å². The largest absolute Gasteiger partial charge is 0.430 e. The number of aliphatic imine (C=N–C) groups is 1. The Morgan fingerprint density at radius 1 is 1.12 bits per heavy atom. The number of aromatic nitrogens is 1. The summed E-state index contributed by atoms with van der Waals surface area (Å²) in [6.07, 6.45) is -2.05. The second-order valence-electron chi connectivity index (χ2n) is 7.35. The van der Waals surface area contributed by atoms with Gasteiger partial charge in [-0.2, -0.15) is 13.2 Å². The van der Waals surface area contributed by atoms with Crippen LogP contribution < -0.4 is 16.0 Å². The van der Waals surface area contributed by atoms with Crippen molar-refractivity contribution in [1.82, 2.24) is 10.3 Å². The molecule has 3 aromatic rings. The van der Waals surface area contributed by atoms with Crippen molar-refractivity contribution in [1.29, 1.82) is 0 Å². The summed E-state index contributed by atoms with van der Waals surface area (Å²) in [6.45, 7) is 3.62. The average Bonchev–Trinajstić information content (AvgIpc) is 3.30. The molecule has 0 unspecified atom stereocenters. The predicted octanol–water partition coefficient (Wildman–Crippen LogP) is 5.40. The van der Waals surface area contributed by atoms with Crippen molar-refractivity contribution in [2.75, 3.05) is 31.1 Å². The fourth-order valence-corrected chi connectivity index (χ4v) is 4.44. The van der Waals surface area contributed by atoms with Crippen molar-refractivity contribution in [2.24, 2.45) is 10.7 Å². The molecule has 0 atom stereocenters. The van der Waals surface area contributed by atoms with Crippen molar-refractivity contribution in [3.05, 3.63) is 76.4 Å². The maximum atomic E-state index is 13.1. The summed E-state index contributed by atoms with van der Waals surface area (Å²) in [5, 5.41) is 3.64. The van der Waals surface area contributed by atoms with Crippen LogP contribution in [0.15, 0.2) is 71.5 Å². The van der Waals surface area contributed by atoms with Gasteiger partial charge in [0, 0.05) is 42.8 Å². The minimum atomic E-state index is -4.66. The molecule has 3 heterocycles. The molecular weight excluding hydrogens is 471 g/mol. The van der Waals surface area contributed by atoms with E-state index in [2.05, 4.69) is 20.2 Å². The zero-order chi connectivity index (χ0) is 23.4. The Morgan fingerprint density at radius 2 is 1.88 bits per heavy atom. The first-order valence-electron chi connectivity index (χ1n) is 10.2. The molecule has 2 aromatic heterocycles. The molecule has 0 radical (unpaired) electrons. The summed E-state index contributed by atoms with van der Waals surface area (Å²) in [5.74, 6) is 0.902. The molecule has 0 bridgehead atoms. The van der Waals surface area contributed by atoms with Gasteiger partial charge in [-0.05, 0) is 42.5 Å². The third kappa shape index (κ3) is 5.73. The maximum Gasteiger partial charge on any atom is 0.430 e. The topological polar surface area (TPSA) is 66.5 Å². The van der Waals surface area contributed by atoms with Crippen LogP contribution in [0.5, 0.6) is 0 Å². The number of thiophene rings is 1. The Hall–Kier alpha value is -2.88. The lowest BCUT2D eigenvalue weighted by atomic mass is 10.2. The third-order valence-corrected chi connectivity index (χ3v) is 6.52. The minimum Gasteiger partial charge on any atom is -0.395 e. The lowest BCUT2D eigenvalue weighted by molar-refractivity contribution is -0.0925. The van der Waals surface area contributed by atoms with E-state index in [1.807, 2.05) is 18.2 Å². The molecule has 1 aromatic carbocycles. The number of piperazine rings is 1. The van der Waals surface area contributed by atoms with E-state index in [4.69, 9.17) is 17.3 Å². The van der Waals surface area contributed by atoms with Crippen LogP contribution in [-0.2, 0) is 0 Å². The summed E-state index contributed by atoms with van der Waals surface area (Å²) in [5.41, 5.74) is 5.37. The Bertz CT molecular complexity index is 1170. The van der Waals surface area contributed by atoms with Crippen LogP contribution in [0.1, 0.15) is 4.88 Å². The van der Waals surface area contributed by atoms with Crippen molar-refractivity contribution in [2.45, 2.75) is 6.18 Å². The zero-order valence-electron chi connectivity index (χ0n) is 17.4. The molecule has 0 spiro atoms. The molecule has 4 rings (SSSR count). The van der Waals surface area contributed by atoms with Crippen LogP contribution in [0.2, 0.25) is 5.02 Å². The first-order valence-corrected chi connectivity index (χ1v) is 11.4. The standard InChI is InChI=1S/C23H21ClF3N5S/c24-16-3-1-2-4-17(16)31-18(13-21(28)23(25,26)27)20-7-6-19(33-20)15-5-8-22(30-14-15)32-11-9-29-10-12-32/h1-8,13-14,29H,9-12,28H2.